The molecular weight excluding hydrogens is 314 g/mol. The van der Waals surface area contributed by atoms with Crippen molar-refractivity contribution in [3.8, 4) is 11.5 Å². The summed E-state index contributed by atoms with van der Waals surface area (Å²) in [6.07, 6.45) is 0.859. The zero-order valence-corrected chi connectivity index (χ0v) is 15.6. The molecule has 2 N–H and O–H groups in total. The van der Waals surface area contributed by atoms with Crippen LogP contribution in [0.1, 0.15) is 29.7 Å². The maximum atomic E-state index is 9.76. The molecule has 0 fully saturated rings. The summed E-state index contributed by atoms with van der Waals surface area (Å²) in [7, 11) is 3.30. The first-order valence-corrected chi connectivity index (χ1v) is 8.70. The molecule has 2 aromatic carbocycles. The third-order valence-electron chi connectivity index (χ3n) is 4.64. The van der Waals surface area contributed by atoms with E-state index in [0.717, 1.165) is 30.0 Å². The number of aliphatic hydroxyl groups is 1. The smallest absolute Gasteiger partial charge is 0.165 e. The standard InChI is InChI=1S/C21H29NO3/c1-15-8-5-6-9-18(15)12-17(14-23)13-22-16(2)19-10-7-11-20(24-3)21(19)25-4/h5-11,16-17,22-23H,12-14H2,1-4H3. The van der Waals surface area contributed by atoms with Gasteiger partial charge in [-0.25, -0.2) is 0 Å². The van der Waals surface area contributed by atoms with Crippen molar-refractivity contribution in [1.82, 2.24) is 5.32 Å². The van der Waals surface area contributed by atoms with Crippen LogP contribution < -0.4 is 14.8 Å². The van der Waals surface area contributed by atoms with Crippen molar-refractivity contribution < 1.29 is 14.6 Å². The van der Waals surface area contributed by atoms with Crippen LogP contribution in [0, 0.1) is 12.8 Å². The Bertz CT molecular complexity index is 672. The monoisotopic (exact) mass is 343 g/mol. The van der Waals surface area contributed by atoms with Crippen molar-refractivity contribution in [1.29, 1.82) is 0 Å². The van der Waals surface area contributed by atoms with Crippen LogP contribution in [0.2, 0.25) is 0 Å². The van der Waals surface area contributed by atoms with Gasteiger partial charge in [-0.1, -0.05) is 36.4 Å². The SMILES string of the molecule is COc1cccc(C(C)NCC(CO)Cc2ccccc2C)c1OC. The van der Waals surface area contributed by atoms with Gasteiger partial charge in [-0.15, -0.1) is 0 Å². The number of benzene rings is 2. The Kier molecular flexibility index (Phi) is 7.29. The number of nitrogens with one attached hydrogen (secondary N) is 1. The molecule has 136 valence electrons. The minimum atomic E-state index is 0.0935. The van der Waals surface area contributed by atoms with E-state index in [1.807, 2.05) is 30.3 Å². The number of ether oxygens (including phenoxy) is 2. The number of hydrogen-bond donors (Lipinski definition) is 2. The number of rotatable bonds is 9. The highest BCUT2D eigenvalue weighted by atomic mass is 16.5. The second-order valence-corrected chi connectivity index (χ2v) is 6.39. The minimum absolute atomic E-state index is 0.0935. The number of aryl methyl sites for hydroxylation is 1. The largest absolute Gasteiger partial charge is 0.493 e. The Labute approximate surface area is 150 Å². The predicted octanol–water partition coefficient (Wildman–Crippen LogP) is 3.51. The lowest BCUT2D eigenvalue weighted by molar-refractivity contribution is 0.218. The maximum Gasteiger partial charge on any atom is 0.165 e. The number of aliphatic hydroxyl groups excluding tert-OH is 1. The van der Waals surface area contributed by atoms with Gasteiger partial charge in [0.05, 0.1) is 14.2 Å². The van der Waals surface area contributed by atoms with Gasteiger partial charge in [0, 0.05) is 24.8 Å². The van der Waals surface area contributed by atoms with Gasteiger partial charge in [-0.3, -0.25) is 0 Å². The molecule has 0 amide bonds. The maximum absolute atomic E-state index is 9.76. The number of methoxy groups -OCH3 is 2. The summed E-state index contributed by atoms with van der Waals surface area (Å²) in [5, 5.41) is 13.3. The van der Waals surface area contributed by atoms with E-state index in [2.05, 4.69) is 31.3 Å². The van der Waals surface area contributed by atoms with E-state index in [0.29, 0.717) is 0 Å². The van der Waals surface area contributed by atoms with Crippen molar-refractivity contribution in [3.63, 3.8) is 0 Å². The lowest BCUT2D eigenvalue weighted by Gasteiger charge is -2.22. The van der Waals surface area contributed by atoms with Gasteiger partial charge in [0.15, 0.2) is 11.5 Å². The van der Waals surface area contributed by atoms with Gasteiger partial charge in [-0.2, -0.15) is 0 Å². The fourth-order valence-electron chi connectivity index (χ4n) is 3.06. The van der Waals surface area contributed by atoms with Crippen molar-refractivity contribution in [2.45, 2.75) is 26.3 Å². The van der Waals surface area contributed by atoms with Crippen LogP contribution in [0.3, 0.4) is 0 Å². The summed E-state index contributed by atoms with van der Waals surface area (Å²) in [6, 6.07) is 14.3. The molecule has 0 spiro atoms. The average Bonchev–Trinajstić information content (AvgIpc) is 2.65. The lowest BCUT2D eigenvalue weighted by Crippen LogP contribution is -2.29. The van der Waals surface area contributed by atoms with E-state index in [9.17, 15) is 5.11 Å². The van der Waals surface area contributed by atoms with Crippen molar-refractivity contribution in [2.75, 3.05) is 27.4 Å². The van der Waals surface area contributed by atoms with E-state index in [1.165, 1.54) is 11.1 Å². The summed E-state index contributed by atoms with van der Waals surface area (Å²) in [5.41, 5.74) is 3.60. The second kappa shape index (κ2) is 9.44. The first kappa shape index (κ1) is 19.3. The quantitative estimate of drug-likeness (QED) is 0.731. The molecule has 0 saturated carbocycles. The van der Waals surface area contributed by atoms with Gasteiger partial charge in [0.25, 0.3) is 0 Å². The third kappa shape index (κ3) is 4.97. The summed E-state index contributed by atoms with van der Waals surface area (Å²) in [5.74, 6) is 1.65. The van der Waals surface area contributed by atoms with Crippen LogP contribution in [0.15, 0.2) is 42.5 Å². The summed E-state index contributed by atoms with van der Waals surface area (Å²) < 4.78 is 10.9. The predicted molar refractivity (Wildman–Crippen MR) is 101 cm³/mol. The van der Waals surface area contributed by atoms with E-state index < -0.39 is 0 Å². The molecule has 25 heavy (non-hydrogen) atoms. The van der Waals surface area contributed by atoms with Crippen molar-refractivity contribution in [3.05, 3.63) is 59.2 Å². The Morgan fingerprint density at radius 3 is 2.44 bits per heavy atom. The van der Waals surface area contributed by atoms with Crippen LogP contribution in [0.5, 0.6) is 11.5 Å². The molecule has 2 aromatic rings. The fraction of sp³-hybridized carbons (Fsp3) is 0.429. The molecular formula is C21H29NO3. The lowest BCUT2D eigenvalue weighted by atomic mass is 9.96. The van der Waals surface area contributed by atoms with Crippen LogP contribution in [-0.2, 0) is 6.42 Å². The molecule has 2 atom stereocenters. The highest BCUT2D eigenvalue weighted by molar-refractivity contribution is 5.47. The van der Waals surface area contributed by atoms with E-state index >= 15 is 0 Å². The second-order valence-electron chi connectivity index (χ2n) is 6.39. The molecule has 0 aliphatic carbocycles. The molecule has 4 heteroatoms. The number of hydrogen-bond acceptors (Lipinski definition) is 4. The van der Waals surface area contributed by atoms with Gasteiger partial charge in [0.1, 0.15) is 0 Å². The zero-order chi connectivity index (χ0) is 18.2. The average molecular weight is 343 g/mol. The minimum Gasteiger partial charge on any atom is -0.493 e. The highest BCUT2D eigenvalue weighted by Gasteiger charge is 2.17. The summed E-state index contributed by atoms with van der Waals surface area (Å²) in [6.45, 7) is 5.09. The topological polar surface area (TPSA) is 50.7 Å². The van der Waals surface area contributed by atoms with Crippen LogP contribution >= 0.6 is 0 Å². The molecule has 0 radical (unpaired) electrons. The molecule has 0 saturated heterocycles. The van der Waals surface area contributed by atoms with Gasteiger partial charge in [0.2, 0.25) is 0 Å². The highest BCUT2D eigenvalue weighted by Crippen LogP contribution is 2.34. The molecule has 4 nitrogen and oxygen atoms in total. The van der Waals surface area contributed by atoms with Gasteiger partial charge in [-0.05, 0) is 43.4 Å². The first-order chi connectivity index (χ1) is 12.1. The first-order valence-electron chi connectivity index (χ1n) is 8.70. The molecule has 0 aromatic heterocycles. The molecule has 0 aliphatic heterocycles. The molecule has 0 aliphatic rings. The van der Waals surface area contributed by atoms with Crippen molar-refractivity contribution in [2.24, 2.45) is 5.92 Å². The summed E-state index contributed by atoms with van der Waals surface area (Å²) >= 11 is 0. The zero-order valence-electron chi connectivity index (χ0n) is 15.6. The van der Waals surface area contributed by atoms with Gasteiger partial charge < -0.3 is 19.9 Å². The third-order valence-corrected chi connectivity index (χ3v) is 4.64. The number of para-hydroxylation sites is 1. The Morgan fingerprint density at radius 1 is 1.04 bits per heavy atom. The van der Waals surface area contributed by atoms with E-state index in [4.69, 9.17) is 9.47 Å². The van der Waals surface area contributed by atoms with E-state index in [-0.39, 0.29) is 18.6 Å². The Hall–Kier alpha value is -2.04. The fourth-order valence-corrected chi connectivity index (χ4v) is 3.06. The summed E-state index contributed by atoms with van der Waals surface area (Å²) in [4.78, 5) is 0. The van der Waals surface area contributed by atoms with Crippen molar-refractivity contribution >= 4 is 0 Å². The Morgan fingerprint density at radius 2 is 1.80 bits per heavy atom. The molecule has 0 bridgehead atoms. The van der Waals surface area contributed by atoms with Gasteiger partial charge >= 0.3 is 0 Å². The normalized spacial score (nSPS) is 13.3. The van der Waals surface area contributed by atoms with Crippen LogP contribution in [-0.4, -0.2) is 32.5 Å². The molecule has 2 rings (SSSR count). The van der Waals surface area contributed by atoms with Crippen LogP contribution in [0.25, 0.3) is 0 Å². The molecule has 2 unspecified atom stereocenters. The Balaban J connectivity index is 2.03. The molecule has 0 heterocycles. The van der Waals surface area contributed by atoms with Crippen LogP contribution in [0.4, 0.5) is 0 Å². The van der Waals surface area contributed by atoms with E-state index in [1.54, 1.807) is 14.2 Å².